The van der Waals surface area contributed by atoms with E-state index < -0.39 is 0 Å². The lowest BCUT2D eigenvalue weighted by Crippen LogP contribution is -2.28. The molecule has 1 aliphatic rings. The molecule has 4 nitrogen and oxygen atoms in total. The van der Waals surface area contributed by atoms with Crippen LogP contribution in [0, 0.1) is 0 Å². The van der Waals surface area contributed by atoms with Crippen LogP contribution in [0.1, 0.15) is 12.1 Å². The van der Waals surface area contributed by atoms with Crippen LogP contribution in [0.25, 0.3) is 0 Å². The molecule has 0 aromatic carbocycles. The van der Waals surface area contributed by atoms with Crippen LogP contribution in [0.4, 0.5) is 0 Å². The standard InChI is InChI=1S/C10H15BrN4/c11-9-6-13-8-14-10(9)7-15-4-1-2-12-3-5-15/h6,8,12H,1-5,7H2. The zero-order valence-electron chi connectivity index (χ0n) is 8.62. The van der Waals surface area contributed by atoms with Crippen molar-refractivity contribution < 1.29 is 0 Å². The van der Waals surface area contributed by atoms with Crippen molar-refractivity contribution in [2.24, 2.45) is 0 Å². The summed E-state index contributed by atoms with van der Waals surface area (Å²) in [5.41, 5.74) is 1.08. The molecule has 1 fully saturated rings. The van der Waals surface area contributed by atoms with Crippen molar-refractivity contribution in [2.45, 2.75) is 13.0 Å². The maximum Gasteiger partial charge on any atom is 0.115 e. The molecule has 15 heavy (non-hydrogen) atoms. The molecule has 0 unspecified atom stereocenters. The number of nitrogens with one attached hydrogen (secondary N) is 1. The molecule has 0 saturated carbocycles. The molecule has 1 aromatic heterocycles. The SMILES string of the molecule is Brc1cncnc1CN1CCCNCC1. The number of hydrogen-bond donors (Lipinski definition) is 1. The molecular formula is C10H15BrN4. The number of aromatic nitrogens is 2. The highest BCUT2D eigenvalue weighted by Gasteiger charge is 2.11. The van der Waals surface area contributed by atoms with Crippen molar-refractivity contribution in [3.63, 3.8) is 0 Å². The van der Waals surface area contributed by atoms with E-state index in [1.54, 1.807) is 12.5 Å². The van der Waals surface area contributed by atoms with Gasteiger partial charge >= 0.3 is 0 Å². The Morgan fingerprint density at radius 3 is 3.20 bits per heavy atom. The van der Waals surface area contributed by atoms with Crippen molar-refractivity contribution in [1.82, 2.24) is 20.2 Å². The van der Waals surface area contributed by atoms with Gasteiger partial charge in [-0.3, -0.25) is 4.90 Å². The van der Waals surface area contributed by atoms with Crippen LogP contribution < -0.4 is 5.32 Å². The smallest absolute Gasteiger partial charge is 0.115 e. The molecule has 2 heterocycles. The Balaban J connectivity index is 1.98. The van der Waals surface area contributed by atoms with Gasteiger partial charge in [-0.25, -0.2) is 9.97 Å². The lowest BCUT2D eigenvalue weighted by atomic mass is 10.3. The minimum absolute atomic E-state index is 0.908. The van der Waals surface area contributed by atoms with Crippen molar-refractivity contribution in [1.29, 1.82) is 0 Å². The first-order valence-corrected chi connectivity index (χ1v) is 6.03. The van der Waals surface area contributed by atoms with Crippen LogP contribution in [-0.4, -0.2) is 41.0 Å². The summed E-state index contributed by atoms with van der Waals surface area (Å²) in [6, 6.07) is 0. The van der Waals surface area contributed by atoms with Crippen LogP contribution in [0.15, 0.2) is 17.0 Å². The van der Waals surface area contributed by atoms with Gasteiger partial charge < -0.3 is 5.32 Å². The lowest BCUT2D eigenvalue weighted by Gasteiger charge is -2.19. The van der Waals surface area contributed by atoms with Crippen LogP contribution in [0.3, 0.4) is 0 Å². The average Bonchev–Trinajstić information content (AvgIpc) is 2.50. The maximum absolute atomic E-state index is 4.28. The molecule has 1 aromatic rings. The van der Waals surface area contributed by atoms with Gasteiger partial charge in [0.1, 0.15) is 6.33 Å². The van der Waals surface area contributed by atoms with Gasteiger partial charge in [-0.2, -0.15) is 0 Å². The predicted molar refractivity (Wildman–Crippen MR) is 62.5 cm³/mol. The van der Waals surface area contributed by atoms with E-state index in [0.717, 1.165) is 42.9 Å². The predicted octanol–water partition coefficient (Wildman–Crippen LogP) is 1.03. The molecule has 2 rings (SSSR count). The van der Waals surface area contributed by atoms with Gasteiger partial charge in [0.25, 0.3) is 0 Å². The zero-order chi connectivity index (χ0) is 10.5. The highest BCUT2D eigenvalue weighted by molar-refractivity contribution is 9.10. The van der Waals surface area contributed by atoms with Crippen molar-refractivity contribution >= 4 is 15.9 Å². The minimum atomic E-state index is 0.908. The minimum Gasteiger partial charge on any atom is -0.315 e. The Bertz CT molecular complexity index is 310. The summed E-state index contributed by atoms with van der Waals surface area (Å²) < 4.78 is 1.00. The normalized spacial score (nSPS) is 18.7. The summed E-state index contributed by atoms with van der Waals surface area (Å²) in [5.74, 6) is 0. The Morgan fingerprint density at radius 2 is 2.33 bits per heavy atom. The summed E-state index contributed by atoms with van der Waals surface area (Å²) >= 11 is 3.48. The van der Waals surface area contributed by atoms with E-state index in [0.29, 0.717) is 0 Å². The molecule has 0 atom stereocenters. The molecule has 0 bridgehead atoms. The Labute approximate surface area is 98.2 Å². The topological polar surface area (TPSA) is 41.1 Å². The fourth-order valence-electron chi connectivity index (χ4n) is 1.73. The van der Waals surface area contributed by atoms with Crippen molar-refractivity contribution in [2.75, 3.05) is 26.2 Å². The van der Waals surface area contributed by atoms with Gasteiger partial charge in [0.15, 0.2) is 0 Å². The molecule has 1 N–H and O–H groups in total. The van der Waals surface area contributed by atoms with Crippen molar-refractivity contribution in [3.8, 4) is 0 Å². The summed E-state index contributed by atoms with van der Waals surface area (Å²) in [6.45, 7) is 5.34. The Kier molecular flexibility index (Phi) is 4.05. The Morgan fingerprint density at radius 1 is 1.40 bits per heavy atom. The zero-order valence-corrected chi connectivity index (χ0v) is 10.2. The van der Waals surface area contributed by atoms with E-state index >= 15 is 0 Å². The summed E-state index contributed by atoms with van der Waals surface area (Å²) in [7, 11) is 0. The summed E-state index contributed by atoms with van der Waals surface area (Å²) in [5, 5.41) is 3.39. The van der Waals surface area contributed by atoms with Crippen molar-refractivity contribution in [3.05, 3.63) is 22.7 Å². The number of rotatable bonds is 2. The highest BCUT2D eigenvalue weighted by atomic mass is 79.9. The fraction of sp³-hybridized carbons (Fsp3) is 0.600. The highest BCUT2D eigenvalue weighted by Crippen LogP contribution is 2.14. The molecule has 82 valence electrons. The molecule has 0 radical (unpaired) electrons. The third-order valence-electron chi connectivity index (χ3n) is 2.55. The van der Waals surface area contributed by atoms with Crippen LogP contribution in [0.2, 0.25) is 0 Å². The quantitative estimate of drug-likeness (QED) is 0.872. The van der Waals surface area contributed by atoms with Crippen LogP contribution >= 0.6 is 15.9 Å². The van der Waals surface area contributed by atoms with Crippen LogP contribution in [0.5, 0.6) is 0 Å². The van der Waals surface area contributed by atoms with Gasteiger partial charge in [0.2, 0.25) is 0 Å². The fourth-order valence-corrected chi connectivity index (χ4v) is 2.07. The second-order valence-electron chi connectivity index (χ2n) is 3.70. The second kappa shape index (κ2) is 5.53. The summed E-state index contributed by atoms with van der Waals surface area (Å²) in [4.78, 5) is 10.7. The third kappa shape index (κ3) is 3.22. The second-order valence-corrected chi connectivity index (χ2v) is 4.55. The van der Waals surface area contributed by atoms with E-state index in [9.17, 15) is 0 Å². The van der Waals surface area contributed by atoms with E-state index in [1.165, 1.54) is 6.42 Å². The molecule has 0 aliphatic carbocycles. The van der Waals surface area contributed by atoms with E-state index in [1.807, 2.05) is 0 Å². The van der Waals surface area contributed by atoms with Gasteiger partial charge in [0.05, 0.1) is 10.2 Å². The lowest BCUT2D eigenvalue weighted by molar-refractivity contribution is 0.280. The van der Waals surface area contributed by atoms with E-state index in [4.69, 9.17) is 0 Å². The van der Waals surface area contributed by atoms with Gasteiger partial charge in [-0.05, 0) is 35.4 Å². The van der Waals surface area contributed by atoms with E-state index in [-0.39, 0.29) is 0 Å². The van der Waals surface area contributed by atoms with E-state index in [2.05, 4.69) is 36.1 Å². The largest absolute Gasteiger partial charge is 0.315 e. The average molecular weight is 271 g/mol. The molecular weight excluding hydrogens is 256 g/mol. The number of nitrogens with zero attached hydrogens (tertiary/aromatic N) is 3. The first-order valence-electron chi connectivity index (χ1n) is 5.24. The molecule has 5 heteroatoms. The number of halogens is 1. The van der Waals surface area contributed by atoms with Gasteiger partial charge in [0, 0.05) is 25.8 Å². The van der Waals surface area contributed by atoms with Gasteiger partial charge in [-0.1, -0.05) is 0 Å². The van der Waals surface area contributed by atoms with Gasteiger partial charge in [-0.15, -0.1) is 0 Å². The third-order valence-corrected chi connectivity index (χ3v) is 3.21. The molecule has 1 saturated heterocycles. The maximum atomic E-state index is 4.28. The molecule has 1 aliphatic heterocycles. The monoisotopic (exact) mass is 270 g/mol. The summed E-state index contributed by atoms with van der Waals surface area (Å²) in [6.07, 6.45) is 4.62. The Hall–Kier alpha value is -0.520. The number of hydrogen-bond acceptors (Lipinski definition) is 4. The molecule has 0 amide bonds. The first-order chi connectivity index (χ1) is 7.36. The molecule has 0 spiro atoms. The first kappa shape index (κ1) is 11.0. The van der Waals surface area contributed by atoms with Crippen LogP contribution in [-0.2, 0) is 6.54 Å².